The highest BCUT2D eigenvalue weighted by molar-refractivity contribution is 5.97. The molecule has 3 aromatic rings. The first-order chi connectivity index (χ1) is 15.7. The van der Waals surface area contributed by atoms with Crippen molar-refractivity contribution in [1.29, 1.82) is 0 Å². The zero-order valence-corrected chi connectivity index (χ0v) is 18.4. The fourth-order valence-corrected chi connectivity index (χ4v) is 5.08. The lowest BCUT2D eigenvalue weighted by atomic mass is 9.72. The Bertz CT molecular complexity index is 1060. The Kier molecular flexibility index (Phi) is 5.95. The van der Waals surface area contributed by atoms with Crippen LogP contribution in [0.4, 0.5) is 0 Å². The number of carbonyl (C=O) groups excluding carboxylic acids is 1. The van der Waals surface area contributed by atoms with Gasteiger partial charge in [-0.25, -0.2) is 0 Å². The minimum Gasteiger partial charge on any atom is -0.492 e. The molecule has 1 N–H and O–H groups in total. The largest absolute Gasteiger partial charge is 0.492 e. The second-order valence-corrected chi connectivity index (χ2v) is 8.98. The van der Waals surface area contributed by atoms with E-state index < -0.39 is 0 Å². The molecule has 0 aliphatic carbocycles. The molecule has 0 aromatic heterocycles. The second kappa shape index (κ2) is 9.17. The summed E-state index contributed by atoms with van der Waals surface area (Å²) in [5.74, 6) is 0.724. The molecule has 4 nitrogen and oxygen atoms in total. The minimum atomic E-state index is -0.0527. The Morgan fingerprint density at radius 3 is 2.38 bits per heavy atom. The van der Waals surface area contributed by atoms with Gasteiger partial charge in [0.1, 0.15) is 5.75 Å². The van der Waals surface area contributed by atoms with Crippen LogP contribution in [0, 0.1) is 0 Å². The highest BCUT2D eigenvalue weighted by Crippen LogP contribution is 2.36. The third-order valence-electron chi connectivity index (χ3n) is 6.99. The minimum absolute atomic E-state index is 0.0363. The predicted molar refractivity (Wildman–Crippen MR) is 127 cm³/mol. The number of nitrogens with one attached hydrogen (secondary N) is 1. The number of hydrogen-bond acceptors (Lipinski definition) is 3. The molecule has 5 rings (SSSR count). The van der Waals surface area contributed by atoms with Crippen LogP contribution in [-0.2, 0) is 18.4 Å². The molecule has 0 atom stereocenters. The van der Waals surface area contributed by atoms with Gasteiger partial charge in [0.05, 0.1) is 12.2 Å². The predicted octanol–water partition coefficient (Wildman–Crippen LogP) is 4.59. The maximum absolute atomic E-state index is 13.1. The van der Waals surface area contributed by atoms with Crippen molar-refractivity contribution >= 4 is 5.91 Å². The van der Waals surface area contributed by atoms with Gasteiger partial charge in [-0.1, -0.05) is 72.8 Å². The Morgan fingerprint density at radius 2 is 1.62 bits per heavy atom. The van der Waals surface area contributed by atoms with Gasteiger partial charge in [-0.15, -0.1) is 0 Å². The number of piperidine rings is 1. The number of hydrogen-bond donors (Lipinski definition) is 1. The highest BCUT2D eigenvalue weighted by atomic mass is 16.5. The molecule has 3 aromatic carbocycles. The molecule has 0 bridgehead atoms. The van der Waals surface area contributed by atoms with Gasteiger partial charge in [0, 0.05) is 24.9 Å². The SMILES string of the molecule is O=C(NCC1(c2ccccc2)CCN(Cc2ccccc2)CC1)c1cccc2c1OCC2. The molecule has 32 heavy (non-hydrogen) atoms. The number of ether oxygens (including phenoxy) is 1. The average Bonchev–Trinajstić information content (AvgIpc) is 3.34. The normalized spacial score (nSPS) is 17.4. The van der Waals surface area contributed by atoms with Gasteiger partial charge in [0.15, 0.2) is 0 Å². The van der Waals surface area contributed by atoms with Gasteiger partial charge >= 0.3 is 0 Å². The summed E-state index contributed by atoms with van der Waals surface area (Å²) in [5.41, 5.74) is 4.40. The molecule has 1 saturated heterocycles. The Morgan fingerprint density at radius 1 is 0.906 bits per heavy atom. The Balaban J connectivity index is 1.30. The molecule has 164 valence electrons. The molecular formula is C28H30N2O2. The fraction of sp³-hybridized carbons (Fsp3) is 0.321. The molecule has 1 amide bonds. The van der Waals surface area contributed by atoms with Crippen LogP contribution in [0.1, 0.15) is 39.9 Å². The van der Waals surface area contributed by atoms with Gasteiger partial charge in [-0.2, -0.15) is 0 Å². The topological polar surface area (TPSA) is 41.6 Å². The van der Waals surface area contributed by atoms with Crippen molar-refractivity contribution in [3.63, 3.8) is 0 Å². The van der Waals surface area contributed by atoms with Crippen LogP contribution >= 0.6 is 0 Å². The van der Waals surface area contributed by atoms with Crippen molar-refractivity contribution in [3.8, 4) is 5.75 Å². The monoisotopic (exact) mass is 426 g/mol. The van der Waals surface area contributed by atoms with E-state index in [2.05, 4.69) is 70.9 Å². The van der Waals surface area contributed by atoms with E-state index in [1.54, 1.807) is 0 Å². The van der Waals surface area contributed by atoms with E-state index in [9.17, 15) is 4.79 Å². The van der Waals surface area contributed by atoms with Gasteiger partial charge in [-0.05, 0) is 48.7 Å². The number of rotatable bonds is 6. The van der Waals surface area contributed by atoms with Crippen LogP contribution in [0.15, 0.2) is 78.9 Å². The number of amides is 1. The summed E-state index contributed by atoms with van der Waals surface area (Å²) in [5, 5.41) is 3.26. The van der Waals surface area contributed by atoms with Crippen LogP contribution in [0.2, 0.25) is 0 Å². The van der Waals surface area contributed by atoms with Crippen LogP contribution in [0.3, 0.4) is 0 Å². The summed E-state index contributed by atoms with van der Waals surface area (Å²) in [4.78, 5) is 15.6. The highest BCUT2D eigenvalue weighted by Gasteiger charge is 2.37. The molecule has 0 unspecified atom stereocenters. The number of carbonyl (C=O) groups is 1. The summed E-state index contributed by atoms with van der Waals surface area (Å²) in [7, 11) is 0. The number of fused-ring (bicyclic) bond motifs is 1. The second-order valence-electron chi connectivity index (χ2n) is 8.98. The van der Waals surface area contributed by atoms with E-state index in [0.29, 0.717) is 18.7 Å². The molecule has 0 saturated carbocycles. The number of para-hydroxylation sites is 1. The van der Waals surface area contributed by atoms with Gasteiger partial charge in [-0.3, -0.25) is 9.69 Å². The van der Waals surface area contributed by atoms with Crippen molar-refractivity contribution < 1.29 is 9.53 Å². The first-order valence-corrected chi connectivity index (χ1v) is 11.6. The first-order valence-electron chi connectivity index (χ1n) is 11.6. The standard InChI is InChI=1S/C28H30N2O2/c31-27(25-13-7-10-23-14-19-32-26(23)25)29-21-28(24-11-5-2-6-12-24)15-17-30(18-16-28)20-22-8-3-1-4-9-22/h1-13H,14-21H2,(H,29,31). The lowest BCUT2D eigenvalue weighted by Gasteiger charge is -2.42. The lowest BCUT2D eigenvalue weighted by molar-refractivity contribution is 0.0916. The summed E-state index contributed by atoms with van der Waals surface area (Å²) < 4.78 is 5.76. The third kappa shape index (κ3) is 4.28. The first kappa shape index (κ1) is 20.8. The van der Waals surface area contributed by atoms with Gasteiger partial charge < -0.3 is 10.1 Å². The molecule has 2 aliphatic rings. The van der Waals surface area contributed by atoms with Crippen molar-refractivity contribution in [1.82, 2.24) is 10.2 Å². The van der Waals surface area contributed by atoms with Crippen molar-refractivity contribution in [3.05, 3.63) is 101 Å². The van der Waals surface area contributed by atoms with Gasteiger partial charge in [0.25, 0.3) is 5.91 Å². The van der Waals surface area contributed by atoms with Gasteiger partial charge in [0.2, 0.25) is 0 Å². The van der Waals surface area contributed by atoms with E-state index in [1.807, 2.05) is 18.2 Å². The van der Waals surface area contributed by atoms with Crippen LogP contribution in [0.25, 0.3) is 0 Å². The molecule has 2 heterocycles. The van der Waals surface area contributed by atoms with Crippen molar-refractivity contribution in [2.24, 2.45) is 0 Å². The zero-order valence-electron chi connectivity index (χ0n) is 18.4. The van der Waals surface area contributed by atoms with Crippen LogP contribution in [0.5, 0.6) is 5.75 Å². The third-order valence-corrected chi connectivity index (χ3v) is 6.99. The quantitative estimate of drug-likeness (QED) is 0.627. The summed E-state index contributed by atoms with van der Waals surface area (Å²) in [6, 6.07) is 27.2. The average molecular weight is 427 g/mol. The van der Waals surface area contributed by atoms with Crippen molar-refractivity contribution in [2.45, 2.75) is 31.2 Å². The van der Waals surface area contributed by atoms with E-state index in [-0.39, 0.29) is 11.3 Å². The number of nitrogens with zero attached hydrogens (tertiary/aromatic N) is 1. The van der Waals surface area contributed by atoms with Crippen LogP contribution < -0.4 is 10.1 Å². The summed E-state index contributed by atoms with van der Waals surface area (Å²) in [6.07, 6.45) is 2.92. The van der Waals surface area contributed by atoms with E-state index in [1.165, 1.54) is 11.1 Å². The molecule has 1 fully saturated rings. The Hall–Kier alpha value is -3.11. The molecule has 2 aliphatic heterocycles. The van der Waals surface area contributed by atoms with Crippen LogP contribution in [-0.4, -0.2) is 37.0 Å². The number of likely N-dealkylation sites (tertiary alicyclic amines) is 1. The number of benzene rings is 3. The van der Waals surface area contributed by atoms with E-state index in [4.69, 9.17) is 4.74 Å². The summed E-state index contributed by atoms with van der Waals surface area (Å²) in [6.45, 7) is 4.31. The molecule has 0 spiro atoms. The molecule has 0 radical (unpaired) electrons. The fourth-order valence-electron chi connectivity index (χ4n) is 5.08. The smallest absolute Gasteiger partial charge is 0.255 e. The summed E-state index contributed by atoms with van der Waals surface area (Å²) >= 11 is 0. The maximum atomic E-state index is 13.1. The van der Waals surface area contributed by atoms with E-state index in [0.717, 1.165) is 50.2 Å². The maximum Gasteiger partial charge on any atom is 0.255 e. The molecular weight excluding hydrogens is 396 g/mol. The van der Waals surface area contributed by atoms with Crippen molar-refractivity contribution in [2.75, 3.05) is 26.2 Å². The zero-order chi connectivity index (χ0) is 21.8. The Labute approximate surface area is 190 Å². The van der Waals surface area contributed by atoms with E-state index >= 15 is 0 Å². The lowest BCUT2D eigenvalue weighted by Crippen LogP contribution is -2.48. The molecule has 4 heteroatoms.